The quantitative estimate of drug-likeness (QED) is 0.226. The maximum absolute atomic E-state index is 12.5. The van der Waals surface area contributed by atoms with Crippen LogP contribution in [0.3, 0.4) is 0 Å². The van der Waals surface area contributed by atoms with E-state index in [9.17, 15) is 9.59 Å². The molecule has 2 aromatic heterocycles. The number of esters is 1. The number of rotatable bonds is 8. The molecule has 36 heavy (non-hydrogen) atoms. The fourth-order valence-electron chi connectivity index (χ4n) is 3.66. The molecule has 0 aliphatic heterocycles. The van der Waals surface area contributed by atoms with Crippen molar-refractivity contribution in [3.05, 3.63) is 115 Å². The number of carbonyl (C=O) groups is 2. The SMILES string of the molecule is O=C(COC(=O)c1ccc(-n2cnc3ccccc32)cc1)Nc1cccc(CSc2ccccn2)c1. The van der Waals surface area contributed by atoms with Gasteiger partial charge in [0.1, 0.15) is 6.33 Å². The first-order chi connectivity index (χ1) is 17.7. The van der Waals surface area contributed by atoms with E-state index in [2.05, 4.69) is 15.3 Å². The van der Waals surface area contributed by atoms with Crippen LogP contribution in [0.1, 0.15) is 15.9 Å². The zero-order valence-corrected chi connectivity index (χ0v) is 20.0. The number of imidazole rings is 1. The number of carbonyl (C=O) groups excluding carboxylic acids is 2. The average Bonchev–Trinajstić information content (AvgIpc) is 3.36. The average molecular weight is 495 g/mol. The number of para-hydroxylation sites is 2. The number of benzene rings is 3. The van der Waals surface area contributed by atoms with Crippen molar-refractivity contribution < 1.29 is 14.3 Å². The zero-order valence-electron chi connectivity index (χ0n) is 19.2. The Bertz CT molecular complexity index is 1500. The molecule has 0 fully saturated rings. The molecular formula is C28H22N4O3S. The van der Waals surface area contributed by atoms with Crippen LogP contribution < -0.4 is 5.32 Å². The topological polar surface area (TPSA) is 86.1 Å². The predicted octanol–water partition coefficient (Wildman–Crippen LogP) is 5.51. The van der Waals surface area contributed by atoms with Gasteiger partial charge in [0.05, 0.1) is 21.6 Å². The fraction of sp³-hybridized carbons (Fsp3) is 0.0714. The first-order valence-electron chi connectivity index (χ1n) is 11.3. The van der Waals surface area contributed by atoms with Crippen LogP contribution in [0.15, 0.2) is 109 Å². The molecule has 178 valence electrons. The minimum atomic E-state index is -0.562. The number of pyridine rings is 1. The molecule has 0 unspecified atom stereocenters. The normalized spacial score (nSPS) is 10.8. The predicted molar refractivity (Wildman–Crippen MR) is 140 cm³/mol. The molecule has 0 atom stereocenters. The monoisotopic (exact) mass is 494 g/mol. The zero-order chi connectivity index (χ0) is 24.7. The summed E-state index contributed by atoms with van der Waals surface area (Å²) in [5.41, 5.74) is 4.80. The minimum absolute atomic E-state index is 0.365. The van der Waals surface area contributed by atoms with E-state index in [1.54, 1.807) is 42.5 Å². The van der Waals surface area contributed by atoms with Gasteiger partial charge in [-0.1, -0.05) is 30.3 Å². The smallest absolute Gasteiger partial charge is 0.338 e. The van der Waals surface area contributed by atoms with Gasteiger partial charge in [0.15, 0.2) is 6.61 Å². The Morgan fingerprint density at radius 1 is 0.889 bits per heavy atom. The number of hydrogen-bond acceptors (Lipinski definition) is 6. The van der Waals surface area contributed by atoms with Gasteiger partial charge < -0.3 is 10.1 Å². The summed E-state index contributed by atoms with van der Waals surface area (Å²) in [5.74, 6) is -0.243. The molecule has 8 heteroatoms. The van der Waals surface area contributed by atoms with E-state index in [0.29, 0.717) is 11.3 Å². The van der Waals surface area contributed by atoms with Crippen molar-refractivity contribution in [3.8, 4) is 5.69 Å². The second kappa shape index (κ2) is 10.9. The van der Waals surface area contributed by atoms with Crippen LogP contribution in [0, 0.1) is 0 Å². The van der Waals surface area contributed by atoms with Crippen molar-refractivity contribution in [1.29, 1.82) is 0 Å². The molecule has 0 aliphatic rings. The molecule has 0 spiro atoms. The molecule has 0 bridgehead atoms. The van der Waals surface area contributed by atoms with Crippen molar-refractivity contribution in [3.63, 3.8) is 0 Å². The number of thioether (sulfide) groups is 1. The highest BCUT2D eigenvalue weighted by Gasteiger charge is 2.12. The molecule has 1 amide bonds. The number of nitrogens with one attached hydrogen (secondary N) is 1. The molecule has 0 radical (unpaired) electrons. The highest BCUT2D eigenvalue weighted by atomic mass is 32.2. The second-order valence-electron chi connectivity index (χ2n) is 7.93. The molecule has 0 aliphatic carbocycles. The van der Waals surface area contributed by atoms with Gasteiger partial charge in [-0.05, 0) is 66.2 Å². The third-order valence-corrected chi connectivity index (χ3v) is 6.42. The lowest BCUT2D eigenvalue weighted by Crippen LogP contribution is -2.21. The van der Waals surface area contributed by atoms with Crippen molar-refractivity contribution in [2.45, 2.75) is 10.8 Å². The van der Waals surface area contributed by atoms with Crippen LogP contribution in [-0.4, -0.2) is 33.0 Å². The number of anilines is 1. The molecule has 1 N–H and O–H groups in total. The van der Waals surface area contributed by atoms with Gasteiger partial charge in [0.2, 0.25) is 0 Å². The van der Waals surface area contributed by atoms with Gasteiger partial charge in [-0.2, -0.15) is 0 Å². The summed E-state index contributed by atoms with van der Waals surface area (Å²) in [6.07, 6.45) is 3.50. The summed E-state index contributed by atoms with van der Waals surface area (Å²) in [6.45, 7) is -0.375. The molecular weight excluding hydrogens is 472 g/mol. The maximum Gasteiger partial charge on any atom is 0.338 e. The second-order valence-corrected chi connectivity index (χ2v) is 8.93. The van der Waals surface area contributed by atoms with E-state index < -0.39 is 11.9 Å². The molecule has 5 rings (SSSR count). The van der Waals surface area contributed by atoms with Gasteiger partial charge in [-0.25, -0.2) is 14.8 Å². The summed E-state index contributed by atoms with van der Waals surface area (Å²) in [5, 5.41) is 3.72. The van der Waals surface area contributed by atoms with E-state index in [1.165, 1.54) is 0 Å². The third-order valence-electron chi connectivity index (χ3n) is 5.40. The summed E-state index contributed by atoms with van der Waals surface area (Å²) in [6, 6.07) is 28.1. The first kappa shape index (κ1) is 23.3. The number of ether oxygens (including phenoxy) is 1. The Kier molecular flexibility index (Phi) is 7.05. The number of fused-ring (bicyclic) bond motifs is 1. The van der Waals surface area contributed by atoms with Crippen molar-refractivity contribution in [2.75, 3.05) is 11.9 Å². The number of amides is 1. The largest absolute Gasteiger partial charge is 0.452 e. The van der Waals surface area contributed by atoms with Crippen LogP contribution in [0.5, 0.6) is 0 Å². The molecule has 0 saturated heterocycles. The summed E-state index contributed by atoms with van der Waals surface area (Å²) < 4.78 is 7.16. The Balaban J connectivity index is 1.14. The lowest BCUT2D eigenvalue weighted by atomic mass is 10.2. The van der Waals surface area contributed by atoms with Crippen molar-refractivity contribution in [1.82, 2.24) is 14.5 Å². The number of nitrogens with zero attached hydrogens (tertiary/aromatic N) is 3. The van der Waals surface area contributed by atoms with Crippen LogP contribution >= 0.6 is 11.8 Å². The van der Waals surface area contributed by atoms with E-state index in [4.69, 9.17) is 4.74 Å². The number of hydrogen-bond donors (Lipinski definition) is 1. The maximum atomic E-state index is 12.5. The van der Waals surface area contributed by atoms with Crippen molar-refractivity contribution >= 4 is 40.4 Å². The van der Waals surface area contributed by atoms with Gasteiger partial charge >= 0.3 is 5.97 Å². The summed E-state index contributed by atoms with van der Waals surface area (Å²) in [7, 11) is 0. The van der Waals surface area contributed by atoms with Crippen LogP contribution in [0.4, 0.5) is 5.69 Å². The summed E-state index contributed by atoms with van der Waals surface area (Å²) >= 11 is 1.62. The van der Waals surface area contributed by atoms with Crippen molar-refractivity contribution in [2.24, 2.45) is 0 Å². The number of aromatic nitrogens is 3. The summed E-state index contributed by atoms with van der Waals surface area (Å²) in [4.78, 5) is 33.5. The molecule has 7 nitrogen and oxygen atoms in total. The Labute approximate surface area is 212 Å². The van der Waals surface area contributed by atoms with E-state index in [-0.39, 0.29) is 6.61 Å². The fourth-order valence-corrected chi connectivity index (χ4v) is 4.47. The lowest BCUT2D eigenvalue weighted by Gasteiger charge is -2.09. The Morgan fingerprint density at radius 3 is 2.56 bits per heavy atom. The standard InChI is InChI=1S/C28H22N4O3S/c33-26(31-22-7-5-6-20(16-22)18-36-27-10-3-4-15-29-27)17-35-28(34)21-11-13-23(14-12-21)32-19-30-24-8-1-2-9-25(24)32/h1-16,19H,17-18H2,(H,31,33). The minimum Gasteiger partial charge on any atom is -0.452 e. The van der Waals surface area contributed by atoms with E-state index in [1.807, 2.05) is 77.4 Å². The first-order valence-corrected chi connectivity index (χ1v) is 12.3. The lowest BCUT2D eigenvalue weighted by molar-refractivity contribution is -0.119. The van der Waals surface area contributed by atoms with Gasteiger partial charge in [0, 0.05) is 23.3 Å². The van der Waals surface area contributed by atoms with Crippen LogP contribution in [0.25, 0.3) is 16.7 Å². The molecule has 3 aromatic carbocycles. The van der Waals surface area contributed by atoms with Gasteiger partial charge in [-0.15, -0.1) is 11.8 Å². The Hall–Kier alpha value is -4.43. The third kappa shape index (κ3) is 5.61. The molecule has 2 heterocycles. The van der Waals surface area contributed by atoms with Crippen LogP contribution in [-0.2, 0) is 15.3 Å². The Morgan fingerprint density at radius 2 is 1.72 bits per heavy atom. The molecule has 0 saturated carbocycles. The van der Waals surface area contributed by atoms with Gasteiger partial charge in [0.25, 0.3) is 5.91 Å². The molecule has 5 aromatic rings. The van der Waals surface area contributed by atoms with Gasteiger partial charge in [-0.3, -0.25) is 9.36 Å². The van der Waals surface area contributed by atoms with Crippen LogP contribution in [0.2, 0.25) is 0 Å². The van der Waals surface area contributed by atoms with E-state index >= 15 is 0 Å². The highest BCUT2D eigenvalue weighted by Crippen LogP contribution is 2.22. The van der Waals surface area contributed by atoms with E-state index in [0.717, 1.165) is 33.1 Å². The highest BCUT2D eigenvalue weighted by molar-refractivity contribution is 7.98.